The number of rotatable bonds is 2. The summed E-state index contributed by atoms with van der Waals surface area (Å²) in [5.41, 5.74) is 7.93. The van der Waals surface area contributed by atoms with Crippen LogP contribution in [0.1, 0.15) is 16.1 Å². The van der Waals surface area contributed by atoms with Gasteiger partial charge in [-0.25, -0.2) is 0 Å². The lowest BCUT2D eigenvalue weighted by atomic mass is 10.2. The maximum absolute atomic E-state index is 12.1. The molecule has 0 aliphatic carbocycles. The van der Waals surface area contributed by atoms with Gasteiger partial charge in [0.1, 0.15) is 0 Å². The highest BCUT2D eigenvalue weighted by molar-refractivity contribution is 9.10. The van der Waals surface area contributed by atoms with Crippen LogP contribution in [0.15, 0.2) is 34.9 Å². The number of nitrogen functional groups attached to an aromatic ring is 1. The van der Waals surface area contributed by atoms with Gasteiger partial charge >= 0.3 is 0 Å². The van der Waals surface area contributed by atoms with Crippen LogP contribution in [0, 0.1) is 6.92 Å². The maximum Gasteiger partial charge on any atom is 0.259 e. The molecule has 0 spiro atoms. The summed E-state index contributed by atoms with van der Waals surface area (Å²) in [6.45, 7) is 1.81. The fourth-order valence-electron chi connectivity index (χ4n) is 1.55. The summed E-state index contributed by atoms with van der Waals surface area (Å²) in [6, 6.07) is 6.76. The number of nitrogens with one attached hydrogen (secondary N) is 1. The van der Waals surface area contributed by atoms with Crippen LogP contribution in [0.2, 0.25) is 5.02 Å². The van der Waals surface area contributed by atoms with Gasteiger partial charge in [-0.3, -0.25) is 9.78 Å². The topological polar surface area (TPSA) is 68.0 Å². The van der Waals surface area contributed by atoms with E-state index in [-0.39, 0.29) is 5.91 Å². The lowest BCUT2D eigenvalue weighted by molar-refractivity contribution is 0.102. The van der Waals surface area contributed by atoms with E-state index in [0.717, 1.165) is 5.69 Å². The fourth-order valence-corrected chi connectivity index (χ4v) is 2.33. The Kier molecular flexibility index (Phi) is 4.07. The highest BCUT2D eigenvalue weighted by atomic mass is 79.9. The molecule has 4 nitrogen and oxygen atoms in total. The second-order valence-electron chi connectivity index (χ2n) is 3.99. The number of carbonyl (C=O) groups is 1. The third-order valence-corrected chi connectivity index (χ3v) is 3.39. The average Bonchev–Trinajstić information content (AvgIpc) is 2.32. The van der Waals surface area contributed by atoms with Crippen molar-refractivity contribution >= 4 is 44.8 Å². The molecule has 0 bridgehead atoms. The Labute approximate surface area is 124 Å². The zero-order valence-corrected chi connectivity index (χ0v) is 12.4. The van der Waals surface area contributed by atoms with Crippen molar-refractivity contribution in [3.05, 3.63) is 51.2 Å². The summed E-state index contributed by atoms with van der Waals surface area (Å²) in [4.78, 5) is 16.2. The predicted molar refractivity (Wildman–Crippen MR) is 80.5 cm³/mol. The number of pyridine rings is 1. The van der Waals surface area contributed by atoms with Crippen LogP contribution in [0.3, 0.4) is 0 Å². The second kappa shape index (κ2) is 5.59. The number of hydrogen-bond donors (Lipinski definition) is 2. The first-order valence-corrected chi connectivity index (χ1v) is 6.63. The van der Waals surface area contributed by atoms with Crippen molar-refractivity contribution in [1.82, 2.24) is 4.98 Å². The summed E-state index contributed by atoms with van der Waals surface area (Å²) >= 11 is 9.17. The van der Waals surface area contributed by atoms with Gasteiger partial charge in [0, 0.05) is 27.1 Å². The molecule has 0 aliphatic rings. The summed E-state index contributed by atoms with van der Waals surface area (Å²) in [6.07, 6.45) is 1.46. The van der Waals surface area contributed by atoms with Crippen LogP contribution in [0.5, 0.6) is 0 Å². The summed E-state index contributed by atoms with van der Waals surface area (Å²) in [5.74, 6) is -0.312. The minimum Gasteiger partial charge on any atom is -0.398 e. The van der Waals surface area contributed by atoms with Crippen LogP contribution in [0.4, 0.5) is 11.4 Å². The van der Waals surface area contributed by atoms with Crippen molar-refractivity contribution in [3.8, 4) is 0 Å². The van der Waals surface area contributed by atoms with Crippen molar-refractivity contribution < 1.29 is 4.79 Å². The molecule has 19 heavy (non-hydrogen) atoms. The number of nitrogens with two attached hydrogens (primary N) is 1. The molecule has 1 aromatic carbocycles. The summed E-state index contributed by atoms with van der Waals surface area (Å²) in [7, 11) is 0. The number of halogens is 2. The number of nitrogens with zero attached hydrogens (tertiary/aromatic N) is 1. The van der Waals surface area contributed by atoms with Gasteiger partial charge < -0.3 is 11.1 Å². The van der Waals surface area contributed by atoms with E-state index in [1.165, 1.54) is 6.20 Å². The Morgan fingerprint density at radius 2 is 2.16 bits per heavy atom. The molecule has 0 saturated heterocycles. The summed E-state index contributed by atoms with van der Waals surface area (Å²) in [5, 5.41) is 3.33. The van der Waals surface area contributed by atoms with Crippen LogP contribution in [-0.2, 0) is 0 Å². The SMILES string of the molecule is Cc1cc(N)c(C(=O)Nc2ccc(Cl)cc2Br)cn1. The molecule has 0 aliphatic heterocycles. The first-order chi connectivity index (χ1) is 8.97. The number of hydrogen-bond acceptors (Lipinski definition) is 3. The molecular weight excluding hydrogens is 330 g/mol. The van der Waals surface area contributed by atoms with Crippen LogP contribution in [0.25, 0.3) is 0 Å². The third-order valence-electron chi connectivity index (χ3n) is 2.50. The van der Waals surface area contributed by atoms with Gasteiger partial charge in [0.15, 0.2) is 0 Å². The standard InChI is InChI=1S/C13H11BrClN3O/c1-7-4-11(16)9(6-17-7)13(19)18-12-3-2-8(15)5-10(12)14/h2-6H,1H3,(H2,16,17)(H,18,19). The normalized spacial score (nSPS) is 10.3. The monoisotopic (exact) mass is 339 g/mol. The number of aromatic nitrogens is 1. The quantitative estimate of drug-likeness (QED) is 0.877. The molecule has 0 saturated carbocycles. The van der Waals surface area contributed by atoms with E-state index < -0.39 is 0 Å². The Balaban J connectivity index is 2.25. The van der Waals surface area contributed by atoms with Gasteiger partial charge in [0.05, 0.1) is 11.3 Å². The molecule has 0 fully saturated rings. The van der Waals surface area contributed by atoms with E-state index >= 15 is 0 Å². The largest absolute Gasteiger partial charge is 0.398 e. The van der Waals surface area contributed by atoms with E-state index in [0.29, 0.717) is 26.4 Å². The molecule has 0 atom stereocenters. The van der Waals surface area contributed by atoms with Crippen molar-refractivity contribution in [1.29, 1.82) is 0 Å². The van der Waals surface area contributed by atoms with E-state index in [2.05, 4.69) is 26.2 Å². The van der Waals surface area contributed by atoms with Crippen LogP contribution < -0.4 is 11.1 Å². The van der Waals surface area contributed by atoms with E-state index in [4.69, 9.17) is 17.3 Å². The molecule has 1 amide bonds. The number of amides is 1. The number of carbonyl (C=O) groups excluding carboxylic acids is 1. The zero-order chi connectivity index (χ0) is 14.0. The maximum atomic E-state index is 12.1. The molecule has 3 N–H and O–H groups in total. The van der Waals surface area contributed by atoms with Gasteiger partial charge in [-0.2, -0.15) is 0 Å². The molecular formula is C13H11BrClN3O. The second-order valence-corrected chi connectivity index (χ2v) is 5.28. The zero-order valence-electron chi connectivity index (χ0n) is 10.1. The van der Waals surface area contributed by atoms with Gasteiger partial charge in [0.25, 0.3) is 5.91 Å². The van der Waals surface area contributed by atoms with Gasteiger partial charge in [0.2, 0.25) is 0 Å². The minimum atomic E-state index is -0.312. The van der Waals surface area contributed by atoms with Crippen molar-refractivity contribution in [2.24, 2.45) is 0 Å². The number of benzene rings is 1. The van der Waals surface area contributed by atoms with Crippen LogP contribution >= 0.6 is 27.5 Å². The fraction of sp³-hybridized carbons (Fsp3) is 0.0769. The Morgan fingerprint density at radius 1 is 1.42 bits per heavy atom. The van der Waals surface area contributed by atoms with E-state index in [9.17, 15) is 4.79 Å². The molecule has 0 unspecified atom stereocenters. The highest BCUT2D eigenvalue weighted by Crippen LogP contribution is 2.26. The Hall–Kier alpha value is -1.59. The molecule has 2 rings (SSSR count). The van der Waals surface area contributed by atoms with Crippen LogP contribution in [-0.4, -0.2) is 10.9 Å². The van der Waals surface area contributed by atoms with E-state index in [1.807, 2.05) is 6.92 Å². The molecule has 1 aromatic heterocycles. The Morgan fingerprint density at radius 3 is 2.79 bits per heavy atom. The molecule has 0 radical (unpaired) electrons. The minimum absolute atomic E-state index is 0.312. The first kappa shape index (κ1) is 13.8. The molecule has 1 heterocycles. The van der Waals surface area contributed by atoms with Gasteiger partial charge in [-0.15, -0.1) is 0 Å². The third kappa shape index (κ3) is 3.24. The molecule has 2 aromatic rings. The average molecular weight is 341 g/mol. The lowest BCUT2D eigenvalue weighted by Gasteiger charge is -2.09. The first-order valence-electron chi connectivity index (χ1n) is 5.46. The van der Waals surface area contributed by atoms with Crippen molar-refractivity contribution in [2.45, 2.75) is 6.92 Å². The molecule has 6 heteroatoms. The molecule has 98 valence electrons. The number of aryl methyl sites for hydroxylation is 1. The van der Waals surface area contributed by atoms with Crippen molar-refractivity contribution in [2.75, 3.05) is 11.1 Å². The van der Waals surface area contributed by atoms with Crippen molar-refractivity contribution in [3.63, 3.8) is 0 Å². The predicted octanol–water partition coefficient (Wildman–Crippen LogP) is 3.64. The smallest absolute Gasteiger partial charge is 0.259 e. The van der Waals surface area contributed by atoms with Gasteiger partial charge in [-0.05, 0) is 47.1 Å². The lowest BCUT2D eigenvalue weighted by Crippen LogP contribution is -2.15. The number of anilines is 2. The highest BCUT2D eigenvalue weighted by Gasteiger charge is 2.12. The summed E-state index contributed by atoms with van der Waals surface area (Å²) < 4.78 is 0.701. The van der Waals surface area contributed by atoms with E-state index in [1.54, 1.807) is 24.3 Å². The van der Waals surface area contributed by atoms with Gasteiger partial charge in [-0.1, -0.05) is 11.6 Å². The Bertz CT molecular complexity index is 646.